The second-order valence-electron chi connectivity index (χ2n) is 11.7. The molecule has 4 heteroatoms. The van der Waals surface area contributed by atoms with Gasteiger partial charge in [0.1, 0.15) is 33.8 Å². The summed E-state index contributed by atoms with van der Waals surface area (Å²) in [4.78, 5) is 0. The Hall–Kier alpha value is -3.92. The van der Waals surface area contributed by atoms with Crippen molar-refractivity contribution in [3.63, 3.8) is 0 Å². The predicted octanol–water partition coefficient (Wildman–Crippen LogP) is 9.48. The van der Waals surface area contributed by atoms with Crippen molar-refractivity contribution in [3.8, 4) is 11.5 Å². The average Bonchev–Trinajstić information content (AvgIpc) is 3.39. The number of phenols is 1. The molecule has 6 rings (SSSR count). The maximum Gasteiger partial charge on any atom is 0.135 e. The number of ether oxygens (including phenoxy) is 1. The van der Waals surface area contributed by atoms with Crippen molar-refractivity contribution in [1.82, 2.24) is 0 Å². The van der Waals surface area contributed by atoms with Crippen LogP contribution < -0.4 is 4.74 Å². The number of furan rings is 2. The van der Waals surface area contributed by atoms with E-state index >= 15 is 0 Å². The van der Waals surface area contributed by atoms with E-state index < -0.39 is 0 Å². The van der Waals surface area contributed by atoms with E-state index in [1.54, 1.807) is 25.3 Å². The molecule has 2 heterocycles. The van der Waals surface area contributed by atoms with Gasteiger partial charge in [0.15, 0.2) is 0 Å². The van der Waals surface area contributed by atoms with Crippen LogP contribution >= 0.6 is 0 Å². The maximum atomic E-state index is 9.60. The minimum Gasteiger partial charge on any atom is -0.508 e. The summed E-state index contributed by atoms with van der Waals surface area (Å²) >= 11 is 0. The molecular weight excluding hydrogens is 460 g/mol. The number of hydrogen-bond donors (Lipinski definition) is 1. The van der Waals surface area contributed by atoms with E-state index in [0.717, 1.165) is 49.6 Å². The zero-order valence-corrected chi connectivity index (χ0v) is 22.6. The van der Waals surface area contributed by atoms with Crippen molar-refractivity contribution in [1.29, 1.82) is 0 Å². The first kappa shape index (κ1) is 24.8. The lowest BCUT2D eigenvalue weighted by Gasteiger charge is -2.18. The molecule has 2 aromatic heterocycles. The van der Waals surface area contributed by atoms with E-state index in [1.165, 1.54) is 11.1 Å². The van der Waals surface area contributed by atoms with Crippen molar-refractivity contribution >= 4 is 43.9 Å². The molecule has 0 aliphatic heterocycles. The molecule has 0 aliphatic carbocycles. The highest BCUT2D eigenvalue weighted by Gasteiger charge is 2.17. The summed E-state index contributed by atoms with van der Waals surface area (Å²) in [6.07, 6.45) is 0. The lowest BCUT2D eigenvalue weighted by Crippen LogP contribution is -2.10. The third kappa shape index (κ3) is 4.76. The molecule has 0 radical (unpaired) electrons. The van der Waals surface area contributed by atoms with Crippen LogP contribution in [0.25, 0.3) is 43.9 Å². The van der Waals surface area contributed by atoms with Crippen molar-refractivity contribution in [2.75, 3.05) is 7.11 Å². The summed E-state index contributed by atoms with van der Waals surface area (Å²) in [6.45, 7) is 13.2. The molecule has 37 heavy (non-hydrogen) atoms. The van der Waals surface area contributed by atoms with Gasteiger partial charge in [0.25, 0.3) is 0 Å². The highest BCUT2D eigenvalue weighted by atomic mass is 16.5. The van der Waals surface area contributed by atoms with Crippen LogP contribution in [0.4, 0.5) is 0 Å². The Bertz CT molecular complexity index is 1740. The van der Waals surface area contributed by atoms with Crippen molar-refractivity contribution < 1.29 is 18.7 Å². The number of fused-ring (bicyclic) bond motifs is 6. The highest BCUT2D eigenvalue weighted by molar-refractivity contribution is 6.06. The molecule has 1 N–H and O–H groups in total. The Morgan fingerprint density at radius 1 is 0.541 bits per heavy atom. The highest BCUT2D eigenvalue weighted by Crippen LogP contribution is 2.35. The molecule has 0 bridgehead atoms. The summed E-state index contributed by atoms with van der Waals surface area (Å²) in [5.41, 5.74) is 6.33. The molecule has 0 unspecified atom stereocenters. The molecule has 0 saturated heterocycles. The van der Waals surface area contributed by atoms with Gasteiger partial charge in [0, 0.05) is 21.5 Å². The van der Waals surface area contributed by atoms with Crippen molar-refractivity contribution in [2.45, 2.75) is 52.4 Å². The van der Waals surface area contributed by atoms with Gasteiger partial charge in [0.05, 0.1) is 7.11 Å². The zero-order chi connectivity index (χ0) is 26.5. The number of hydrogen-bond acceptors (Lipinski definition) is 4. The number of rotatable bonds is 1. The molecule has 0 spiro atoms. The summed E-state index contributed by atoms with van der Waals surface area (Å²) in [6, 6.07) is 23.8. The smallest absolute Gasteiger partial charge is 0.135 e. The average molecular weight is 495 g/mol. The Labute approximate surface area is 217 Å². The van der Waals surface area contributed by atoms with Crippen LogP contribution in [0.1, 0.15) is 52.7 Å². The Morgan fingerprint density at radius 2 is 0.946 bits per heavy atom. The van der Waals surface area contributed by atoms with Crippen LogP contribution in [-0.4, -0.2) is 12.2 Å². The number of methoxy groups -OCH3 is 1. The van der Waals surface area contributed by atoms with Gasteiger partial charge >= 0.3 is 0 Å². The minimum atomic E-state index is 0.106. The predicted molar refractivity (Wildman–Crippen MR) is 153 cm³/mol. The fraction of sp³-hybridized carbons (Fsp3) is 0.273. The topological polar surface area (TPSA) is 55.7 Å². The standard InChI is InChI=1S/C17H18O2.C16H16O2/c1-17(2,3)11-5-7-15-13(9-11)14-10-12(18-4)6-8-16(14)19-15;1-16(2,3)10-4-6-14-12(8-10)13-9-11(17)5-7-15(13)18-14/h5-10H,1-4H3;4-9,17H,1-3H3. The fourth-order valence-electron chi connectivity index (χ4n) is 4.58. The molecule has 4 aromatic carbocycles. The van der Waals surface area contributed by atoms with Gasteiger partial charge < -0.3 is 18.7 Å². The Kier molecular flexibility index (Phi) is 5.94. The Balaban J connectivity index is 0.000000152. The first-order valence-electron chi connectivity index (χ1n) is 12.6. The van der Waals surface area contributed by atoms with E-state index in [4.69, 9.17) is 13.6 Å². The molecule has 0 fully saturated rings. The normalized spacial score (nSPS) is 12.3. The van der Waals surface area contributed by atoms with E-state index in [0.29, 0.717) is 0 Å². The third-order valence-electron chi connectivity index (χ3n) is 6.86. The third-order valence-corrected chi connectivity index (χ3v) is 6.86. The SMILES string of the molecule is CC(C)(C)c1ccc2oc3ccc(O)cc3c2c1.COc1ccc2oc3ccc(C(C)(C)C)cc3c2c1. The first-order chi connectivity index (χ1) is 17.4. The van der Waals surface area contributed by atoms with Gasteiger partial charge in [-0.2, -0.15) is 0 Å². The summed E-state index contributed by atoms with van der Waals surface area (Å²) in [7, 11) is 1.68. The summed E-state index contributed by atoms with van der Waals surface area (Å²) < 4.78 is 16.9. The second-order valence-corrected chi connectivity index (χ2v) is 11.7. The minimum absolute atomic E-state index is 0.106. The monoisotopic (exact) mass is 494 g/mol. The maximum absolute atomic E-state index is 9.60. The summed E-state index contributed by atoms with van der Waals surface area (Å²) in [5.74, 6) is 1.13. The second kappa shape index (κ2) is 8.88. The molecule has 6 aromatic rings. The van der Waals surface area contributed by atoms with Crippen LogP contribution in [0, 0.1) is 0 Å². The molecule has 0 saturated carbocycles. The van der Waals surface area contributed by atoms with E-state index in [1.807, 2.05) is 24.3 Å². The molecule has 0 atom stereocenters. The number of aromatic hydroxyl groups is 1. The molecule has 190 valence electrons. The van der Waals surface area contributed by atoms with Crippen LogP contribution in [0.2, 0.25) is 0 Å². The first-order valence-corrected chi connectivity index (χ1v) is 12.6. The van der Waals surface area contributed by atoms with Crippen LogP contribution in [-0.2, 0) is 10.8 Å². The van der Waals surface area contributed by atoms with Gasteiger partial charge in [-0.3, -0.25) is 0 Å². The van der Waals surface area contributed by atoms with Crippen LogP contribution in [0.3, 0.4) is 0 Å². The van der Waals surface area contributed by atoms with Gasteiger partial charge in [0.2, 0.25) is 0 Å². The van der Waals surface area contributed by atoms with Gasteiger partial charge in [-0.25, -0.2) is 0 Å². The van der Waals surface area contributed by atoms with Gasteiger partial charge in [-0.05, 0) is 82.6 Å². The fourth-order valence-corrected chi connectivity index (χ4v) is 4.58. The van der Waals surface area contributed by atoms with E-state index in [2.05, 4.69) is 71.9 Å². The van der Waals surface area contributed by atoms with Crippen LogP contribution in [0.15, 0.2) is 81.6 Å². The Morgan fingerprint density at radius 3 is 1.41 bits per heavy atom. The molecule has 0 amide bonds. The number of benzene rings is 4. The van der Waals surface area contributed by atoms with Gasteiger partial charge in [-0.1, -0.05) is 53.7 Å². The molecule has 4 nitrogen and oxygen atoms in total. The zero-order valence-electron chi connectivity index (χ0n) is 22.6. The lowest BCUT2D eigenvalue weighted by atomic mass is 9.86. The molecule has 0 aliphatic rings. The quantitative estimate of drug-likeness (QED) is 0.247. The summed E-state index contributed by atoms with van der Waals surface area (Å²) in [5, 5.41) is 13.9. The van der Waals surface area contributed by atoms with Gasteiger partial charge in [-0.15, -0.1) is 0 Å². The lowest BCUT2D eigenvalue weighted by molar-refractivity contribution is 0.415. The van der Waals surface area contributed by atoms with E-state index in [9.17, 15) is 5.11 Å². The number of phenolic OH excluding ortho intramolecular Hbond substituents is 1. The van der Waals surface area contributed by atoms with Crippen LogP contribution in [0.5, 0.6) is 11.5 Å². The largest absolute Gasteiger partial charge is 0.508 e. The van der Waals surface area contributed by atoms with Crippen molar-refractivity contribution in [2.24, 2.45) is 0 Å². The van der Waals surface area contributed by atoms with E-state index in [-0.39, 0.29) is 16.6 Å². The molecular formula is C33H34O4. The van der Waals surface area contributed by atoms with Crippen molar-refractivity contribution in [3.05, 3.63) is 83.9 Å².